The molecule has 5 rings (SSSR count). The van der Waals surface area contributed by atoms with E-state index in [4.69, 9.17) is 14.2 Å². The van der Waals surface area contributed by atoms with Gasteiger partial charge in [-0.05, 0) is 35.2 Å². The number of nitriles is 2. The van der Waals surface area contributed by atoms with Crippen LogP contribution in [0.5, 0.6) is 0 Å². The molecule has 4 atom stereocenters. The van der Waals surface area contributed by atoms with Crippen LogP contribution < -0.4 is 0 Å². The van der Waals surface area contributed by atoms with Gasteiger partial charge in [-0.2, -0.15) is 10.5 Å². The van der Waals surface area contributed by atoms with Crippen LogP contribution in [0.25, 0.3) is 0 Å². The van der Waals surface area contributed by atoms with Gasteiger partial charge >= 0.3 is 0 Å². The Morgan fingerprint density at radius 2 is 1.07 bits per heavy atom. The lowest BCUT2D eigenvalue weighted by molar-refractivity contribution is -0.157. The highest BCUT2D eigenvalue weighted by Crippen LogP contribution is 2.47. The zero-order valence-corrected chi connectivity index (χ0v) is 25.1. The van der Waals surface area contributed by atoms with Crippen molar-refractivity contribution in [1.82, 2.24) is 0 Å². The summed E-state index contributed by atoms with van der Waals surface area (Å²) in [6.07, 6.45) is -2.20. The maximum absolute atomic E-state index is 14.3. The third-order valence-corrected chi connectivity index (χ3v) is 10.3. The van der Waals surface area contributed by atoms with Crippen LogP contribution >= 0.6 is 0 Å². The molecule has 1 fully saturated rings. The lowest BCUT2D eigenvalue weighted by Gasteiger charge is -2.47. The number of benzene rings is 4. The van der Waals surface area contributed by atoms with Crippen LogP contribution in [0.4, 0.5) is 0 Å². The Balaban J connectivity index is 1.56. The largest absolute Gasteiger partial charge is 0.376 e. The van der Waals surface area contributed by atoms with Crippen LogP contribution in [0.3, 0.4) is 0 Å². The lowest BCUT2D eigenvalue weighted by Crippen LogP contribution is -2.60. The number of hydrogen-bond donors (Lipinski definition) is 0. The molecule has 4 aromatic rings. The lowest BCUT2D eigenvalue weighted by atomic mass is 9.65. The van der Waals surface area contributed by atoms with Gasteiger partial charge in [0.25, 0.3) is 0 Å². The van der Waals surface area contributed by atoms with Crippen molar-refractivity contribution in [3.05, 3.63) is 138 Å². The van der Waals surface area contributed by atoms with Crippen molar-refractivity contribution in [3.8, 4) is 12.1 Å². The van der Waals surface area contributed by atoms with E-state index in [1.165, 1.54) is 12.1 Å². The first kappa shape index (κ1) is 31.1. The first-order valence-electron chi connectivity index (χ1n) is 14.5. The highest BCUT2D eigenvalue weighted by atomic mass is 32.2. The fourth-order valence-electron chi connectivity index (χ4n) is 5.72. The van der Waals surface area contributed by atoms with Crippen LogP contribution in [-0.2, 0) is 43.9 Å². The number of rotatable bonds is 12. The van der Waals surface area contributed by atoms with Crippen molar-refractivity contribution in [3.63, 3.8) is 0 Å². The summed E-state index contributed by atoms with van der Waals surface area (Å²) >= 11 is 0. The smallest absolute Gasteiger partial charge is 0.183 e. The van der Waals surface area contributed by atoms with Gasteiger partial charge in [0.05, 0.1) is 54.8 Å². The number of ether oxygens (including phenoxy) is 3. The Hall–Kier alpha value is -4.31. The molecule has 0 N–H and O–H groups in total. The molecule has 0 amide bonds. The van der Waals surface area contributed by atoms with E-state index in [-0.39, 0.29) is 37.7 Å². The fourth-order valence-corrected chi connectivity index (χ4v) is 7.68. The molecule has 224 valence electrons. The minimum atomic E-state index is -4.06. The molecule has 7 nitrogen and oxygen atoms in total. The van der Waals surface area contributed by atoms with E-state index in [9.17, 15) is 18.9 Å². The molecule has 0 spiro atoms. The number of hydrogen-bond acceptors (Lipinski definition) is 7. The van der Waals surface area contributed by atoms with Crippen LogP contribution in [-0.4, -0.2) is 32.5 Å². The Labute approximate surface area is 259 Å². The maximum Gasteiger partial charge on any atom is 0.183 e. The average molecular weight is 607 g/mol. The van der Waals surface area contributed by atoms with Gasteiger partial charge in [-0.15, -0.1) is 0 Å². The zero-order valence-electron chi connectivity index (χ0n) is 24.2. The molecular formula is C36H34N2O5S. The minimum absolute atomic E-state index is 0.00122. The summed E-state index contributed by atoms with van der Waals surface area (Å²) in [7, 11) is -4.06. The molecule has 0 saturated heterocycles. The van der Waals surface area contributed by atoms with Gasteiger partial charge < -0.3 is 14.2 Å². The zero-order chi connectivity index (χ0) is 30.8. The standard InChI is InChI=1S/C36H34N2O5S/c37-26-36(27-38)21-33(44(39,40)31-19-11-4-12-20-31)35(43-24-30-17-9-3-10-18-30)34(42-23-29-15-7-2-8-16-29)32(36)25-41-22-28-13-5-1-6-14-28/h1-20,32-35H,21-25H2/t32-,33+,34+,35-/m0/s1. The molecule has 4 aromatic carbocycles. The van der Waals surface area contributed by atoms with Crippen LogP contribution in [0.15, 0.2) is 126 Å². The molecular weight excluding hydrogens is 572 g/mol. The number of nitrogens with zero attached hydrogens (tertiary/aromatic N) is 2. The Morgan fingerprint density at radius 1 is 0.636 bits per heavy atom. The number of sulfone groups is 1. The van der Waals surface area contributed by atoms with Crippen molar-refractivity contribution >= 4 is 9.84 Å². The highest BCUT2D eigenvalue weighted by molar-refractivity contribution is 7.92. The van der Waals surface area contributed by atoms with E-state index >= 15 is 0 Å². The predicted molar refractivity (Wildman–Crippen MR) is 165 cm³/mol. The topological polar surface area (TPSA) is 109 Å². The van der Waals surface area contributed by atoms with Crippen molar-refractivity contribution in [2.45, 2.75) is 48.6 Å². The normalized spacial score (nSPS) is 21.1. The Morgan fingerprint density at radius 3 is 1.55 bits per heavy atom. The SMILES string of the molecule is N#CC1(C#N)C[C@@H](S(=O)(=O)c2ccccc2)[C@H](OCc2ccccc2)[C@H](OCc2ccccc2)[C@@H]1COCc1ccccc1. The highest BCUT2D eigenvalue weighted by Gasteiger charge is 2.59. The molecule has 0 aliphatic heterocycles. The second kappa shape index (κ2) is 14.4. The summed E-state index contributed by atoms with van der Waals surface area (Å²) in [5.41, 5.74) is 0.952. The van der Waals surface area contributed by atoms with Crippen molar-refractivity contribution in [1.29, 1.82) is 10.5 Å². The van der Waals surface area contributed by atoms with Gasteiger partial charge in [0.2, 0.25) is 0 Å². The van der Waals surface area contributed by atoms with Crippen LogP contribution in [0, 0.1) is 34.0 Å². The predicted octanol–water partition coefficient (Wildman–Crippen LogP) is 6.27. The average Bonchev–Trinajstić information content (AvgIpc) is 3.08. The second-order valence-corrected chi connectivity index (χ2v) is 13.1. The molecule has 1 aliphatic rings. The minimum Gasteiger partial charge on any atom is -0.376 e. The maximum atomic E-state index is 14.3. The van der Waals surface area contributed by atoms with Crippen LogP contribution in [0.1, 0.15) is 23.1 Å². The summed E-state index contributed by atoms with van der Waals surface area (Å²) in [6, 6.07) is 41.1. The van der Waals surface area contributed by atoms with E-state index in [1.807, 2.05) is 91.0 Å². The summed E-state index contributed by atoms with van der Waals surface area (Å²) in [5, 5.41) is 19.9. The van der Waals surface area contributed by atoms with E-state index in [0.717, 1.165) is 16.7 Å². The second-order valence-electron chi connectivity index (χ2n) is 10.9. The molecule has 44 heavy (non-hydrogen) atoms. The van der Waals surface area contributed by atoms with E-state index in [2.05, 4.69) is 12.1 Å². The summed E-state index contributed by atoms with van der Waals surface area (Å²) in [5.74, 6) is -0.798. The molecule has 0 heterocycles. The first-order valence-corrected chi connectivity index (χ1v) is 16.1. The molecule has 0 bridgehead atoms. The Kier molecular flexibility index (Phi) is 10.2. The summed E-state index contributed by atoms with van der Waals surface area (Å²) in [6.45, 7) is 0.522. The van der Waals surface area contributed by atoms with Gasteiger partial charge in [0.1, 0.15) is 6.10 Å². The summed E-state index contributed by atoms with van der Waals surface area (Å²) in [4.78, 5) is 0.101. The van der Waals surface area contributed by atoms with Crippen molar-refractivity contribution < 1.29 is 22.6 Å². The van der Waals surface area contributed by atoms with E-state index < -0.39 is 38.6 Å². The first-order chi connectivity index (χ1) is 21.5. The monoisotopic (exact) mass is 606 g/mol. The molecule has 0 aromatic heterocycles. The summed E-state index contributed by atoms with van der Waals surface area (Å²) < 4.78 is 47.7. The van der Waals surface area contributed by atoms with E-state index in [0.29, 0.717) is 0 Å². The fraction of sp³-hybridized carbons (Fsp3) is 0.278. The van der Waals surface area contributed by atoms with Gasteiger partial charge in [-0.3, -0.25) is 0 Å². The molecule has 1 aliphatic carbocycles. The van der Waals surface area contributed by atoms with Gasteiger partial charge in [0, 0.05) is 5.92 Å². The molecule has 8 heteroatoms. The van der Waals surface area contributed by atoms with E-state index in [1.54, 1.807) is 18.2 Å². The van der Waals surface area contributed by atoms with Crippen molar-refractivity contribution in [2.75, 3.05) is 6.61 Å². The third kappa shape index (κ3) is 7.07. The molecule has 0 unspecified atom stereocenters. The third-order valence-electron chi connectivity index (χ3n) is 8.09. The molecule has 1 saturated carbocycles. The van der Waals surface area contributed by atoms with Gasteiger partial charge in [-0.25, -0.2) is 8.42 Å². The van der Waals surface area contributed by atoms with Crippen molar-refractivity contribution in [2.24, 2.45) is 11.3 Å². The quantitative estimate of drug-likeness (QED) is 0.187. The van der Waals surface area contributed by atoms with Gasteiger partial charge in [0.15, 0.2) is 15.3 Å². The van der Waals surface area contributed by atoms with Crippen LogP contribution in [0.2, 0.25) is 0 Å². The Bertz CT molecular complexity index is 1660. The molecule has 0 radical (unpaired) electrons. The van der Waals surface area contributed by atoms with Gasteiger partial charge in [-0.1, -0.05) is 109 Å².